The lowest BCUT2D eigenvalue weighted by atomic mass is 10.0. The van der Waals surface area contributed by atoms with E-state index < -0.39 is 0 Å². The zero-order valence-electron chi connectivity index (χ0n) is 12.9. The van der Waals surface area contributed by atoms with Crippen LogP contribution >= 0.6 is 11.3 Å². The van der Waals surface area contributed by atoms with Gasteiger partial charge in [-0.05, 0) is 44.2 Å². The van der Waals surface area contributed by atoms with E-state index in [2.05, 4.69) is 45.5 Å². The van der Waals surface area contributed by atoms with Crippen LogP contribution in [0.3, 0.4) is 0 Å². The van der Waals surface area contributed by atoms with Crippen molar-refractivity contribution >= 4 is 17.2 Å². The number of fused-ring (bicyclic) bond motifs is 1. The molecule has 1 aliphatic rings. The van der Waals surface area contributed by atoms with Crippen LogP contribution in [0.25, 0.3) is 0 Å². The average Bonchev–Trinajstić information content (AvgIpc) is 2.91. The molecule has 0 saturated carbocycles. The highest BCUT2D eigenvalue weighted by Crippen LogP contribution is 2.33. The number of hydrogen-bond acceptors (Lipinski definition) is 5. The van der Waals surface area contributed by atoms with E-state index in [0.717, 1.165) is 43.4 Å². The van der Waals surface area contributed by atoms with Gasteiger partial charge in [0.05, 0.1) is 6.54 Å². The smallest absolute Gasteiger partial charge is 0.144 e. The zero-order chi connectivity index (χ0) is 14.8. The van der Waals surface area contributed by atoms with Crippen LogP contribution in [0, 0.1) is 6.92 Å². The second kappa shape index (κ2) is 6.12. The molecule has 4 nitrogen and oxygen atoms in total. The van der Waals surface area contributed by atoms with E-state index in [0.29, 0.717) is 6.04 Å². The number of anilines is 1. The van der Waals surface area contributed by atoms with Gasteiger partial charge in [-0.15, -0.1) is 11.3 Å². The van der Waals surface area contributed by atoms with Crippen molar-refractivity contribution in [3.63, 3.8) is 0 Å². The summed E-state index contributed by atoms with van der Waals surface area (Å²) in [6.45, 7) is 9.18. The molecule has 0 amide bonds. The van der Waals surface area contributed by atoms with Gasteiger partial charge >= 0.3 is 0 Å². The minimum Gasteiger partial charge on any atom is -0.370 e. The van der Waals surface area contributed by atoms with Gasteiger partial charge in [0.2, 0.25) is 0 Å². The van der Waals surface area contributed by atoms with E-state index in [1.807, 2.05) is 24.3 Å². The summed E-state index contributed by atoms with van der Waals surface area (Å²) >= 11 is 1.88. The summed E-state index contributed by atoms with van der Waals surface area (Å²) < 4.78 is 0. The van der Waals surface area contributed by atoms with Crippen LogP contribution in [-0.4, -0.2) is 28.0 Å². The average molecular weight is 302 g/mol. The molecule has 1 atom stereocenters. The Bertz CT molecular complexity index is 622. The molecular weight excluding hydrogens is 280 g/mol. The topological polar surface area (TPSA) is 41.1 Å². The molecule has 1 aliphatic heterocycles. The zero-order valence-corrected chi connectivity index (χ0v) is 13.7. The lowest BCUT2D eigenvalue weighted by Crippen LogP contribution is -2.33. The molecule has 0 saturated heterocycles. The first-order valence-corrected chi connectivity index (χ1v) is 8.44. The van der Waals surface area contributed by atoms with E-state index in [1.165, 1.54) is 10.4 Å². The van der Waals surface area contributed by atoms with E-state index in [1.54, 1.807) is 0 Å². The Labute approximate surface area is 130 Å². The quantitative estimate of drug-likeness (QED) is 0.940. The molecule has 112 valence electrons. The van der Waals surface area contributed by atoms with Crippen molar-refractivity contribution in [2.75, 3.05) is 18.4 Å². The van der Waals surface area contributed by atoms with Crippen molar-refractivity contribution in [2.24, 2.45) is 0 Å². The lowest BCUT2D eigenvalue weighted by molar-refractivity contribution is 0.186. The summed E-state index contributed by atoms with van der Waals surface area (Å²) in [4.78, 5) is 13.2. The molecule has 0 bridgehead atoms. The fraction of sp³-hybridized carbons (Fsp3) is 0.500. The first-order valence-electron chi connectivity index (χ1n) is 7.56. The first-order chi connectivity index (χ1) is 10.2. The van der Waals surface area contributed by atoms with Gasteiger partial charge in [-0.2, -0.15) is 0 Å². The van der Waals surface area contributed by atoms with E-state index >= 15 is 0 Å². The maximum absolute atomic E-state index is 4.63. The highest BCUT2D eigenvalue weighted by molar-refractivity contribution is 7.10. The minimum absolute atomic E-state index is 0.451. The Morgan fingerprint density at radius 1 is 1.43 bits per heavy atom. The summed E-state index contributed by atoms with van der Waals surface area (Å²) in [5.74, 6) is 1.84. The Morgan fingerprint density at radius 2 is 2.29 bits per heavy atom. The molecule has 0 fully saturated rings. The number of nitrogens with one attached hydrogen (secondary N) is 1. The van der Waals surface area contributed by atoms with Crippen molar-refractivity contribution in [2.45, 2.75) is 39.8 Å². The molecule has 3 rings (SSSR count). The van der Waals surface area contributed by atoms with Crippen LogP contribution in [0.5, 0.6) is 0 Å². The van der Waals surface area contributed by atoms with Crippen molar-refractivity contribution < 1.29 is 0 Å². The Morgan fingerprint density at radius 3 is 3.10 bits per heavy atom. The van der Waals surface area contributed by atoms with Crippen LogP contribution < -0.4 is 5.32 Å². The van der Waals surface area contributed by atoms with Gasteiger partial charge in [-0.3, -0.25) is 4.90 Å². The second-order valence-electron chi connectivity index (χ2n) is 5.54. The fourth-order valence-electron chi connectivity index (χ4n) is 2.93. The Kier molecular flexibility index (Phi) is 4.22. The number of thiophene rings is 1. The van der Waals surface area contributed by atoms with Crippen LogP contribution in [-0.2, 0) is 13.0 Å². The molecule has 0 spiro atoms. The Balaban J connectivity index is 1.78. The normalized spacial score (nSPS) is 18.5. The standard InChI is InChI=1S/C16H22N4S/c1-4-17-15-9-11(2)18-16(19-15)10-20-7-5-14-13(12(20)3)6-8-21-14/h6,8-9,12H,4-5,7,10H2,1-3H3,(H,17,18,19). The maximum Gasteiger partial charge on any atom is 0.144 e. The molecule has 1 N–H and O–H groups in total. The summed E-state index contributed by atoms with van der Waals surface area (Å²) in [5, 5.41) is 5.49. The van der Waals surface area contributed by atoms with Crippen LogP contribution in [0.2, 0.25) is 0 Å². The van der Waals surface area contributed by atoms with Crippen molar-refractivity contribution in [3.8, 4) is 0 Å². The van der Waals surface area contributed by atoms with Crippen LogP contribution in [0.15, 0.2) is 17.5 Å². The van der Waals surface area contributed by atoms with Crippen LogP contribution in [0.4, 0.5) is 5.82 Å². The molecule has 1 unspecified atom stereocenters. The minimum atomic E-state index is 0.451. The van der Waals surface area contributed by atoms with Gasteiger partial charge in [0.1, 0.15) is 11.6 Å². The van der Waals surface area contributed by atoms with E-state index in [4.69, 9.17) is 0 Å². The van der Waals surface area contributed by atoms with Gasteiger partial charge < -0.3 is 5.32 Å². The molecule has 0 aliphatic carbocycles. The number of nitrogens with zero attached hydrogens (tertiary/aromatic N) is 3. The van der Waals surface area contributed by atoms with Gasteiger partial charge in [0.25, 0.3) is 0 Å². The molecule has 0 radical (unpaired) electrons. The predicted molar refractivity (Wildman–Crippen MR) is 87.8 cm³/mol. The number of hydrogen-bond donors (Lipinski definition) is 1. The van der Waals surface area contributed by atoms with Crippen molar-refractivity contribution in [3.05, 3.63) is 39.5 Å². The van der Waals surface area contributed by atoms with E-state index in [9.17, 15) is 0 Å². The molecular formula is C16H22N4S. The predicted octanol–water partition coefficient (Wildman–Crippen LogP) is 3.40. The van der Waals surface area contributed by atoms with Crippen molar-refractivity contribution in [1.82, 2.24) is 14.9 Å². The van der Waals surface area contributed by atoms with Gasteiger partial charge in [0, 0.05) is 35.8 Å². The lowest BCUT2D eigenvalue weighted by Gasteiger charge is -2.33. The first kappa shape index (κ1) is 14.5. The fourth-order valence-corrected chi connectivity index (χ4v) is 3.89. The molecule has 5 heteroatoms. The second-order valence-corrected chi connectivity index (χ2v) is 6.54. The third-order valence-corrected chi connectivity index (χ3v) is 5.00. The number of rotatable bonds is 4. The number of aromatic nitrogens is 2. The van der Waals surface area contributed by atoms with Crippen molar-refractivity contribution in [1.29, 1.82) is 0 Å². The third-order valence-electron chi connectivity index (χ3n) is 4.01. The molecule has 21 heavy (non-hydrogen) atoms. The van der Waals surface area contributed by atoms with Gasteiger partial charge in [-0.1, -0.05) is 0 Å². The summed E-state index contributed by atoms with van der Waals surface area (Å²) in [6.07, 6.45) is 1.14. The molecule has 3 heterocycles. The SMILES string of the molecule is CCNc1cc(C)nc(CN2CCc3sccc3C2C)n1. The molecule has 0 aromatic carbocycles. The summed E-state index contributed by atoms with van der Waals surface area (Å²) in [7, 11) is 0. The largest absolute Gasteiger partial charge is 0.370 e. The van der Waals surface area contributed by atoms with Gasteiger partial charge in [-0.25, -0.2) is 9.97 Å². The highest BCUT2D eigenvalue weighted by Gasteiger charge is 2.25. The number of aryl methyl sites for hydroxylation is 1. The molecule has 2 aromatic rings. The summed E-state index contributed by atoms with van der Waals surface area (Å²) in [6, 6.07) is 4.72. The Hall–Kier alpha value is -1.46. The molecule has 2 aromatic heterocycles. The van der Waals surface area contributed by atoms with Gasteiger partial charge in [0.15, 0.2) is 0 Å². The van der Waals surface area contributed by atoms with Crippen LogP contribution in [0.1, 0.15) is 41.8 Å². The highest BCUT2D eigenvalue weighted by atomic mass is 32.1. The third kappa shape index (κ3) is 3.09. The maximum atomic E-state index is 4.63. The van der Waals surface area contributed by atoms with E-state index in [-0.39, 0.29) is 0 Å². The summed E-state index contributed by atoms with van der Waals surface area (Å²) in [5.41, 5.74) is 2.50. The monoisotopic (exact) mass is 302 g/mol.